The van der Waals surface area contributed by atoms with Gasteiger partial charge in [-0.05, 0) is 31.2 Å². The number of anilines is 1. The highest BCUT2D eigenvalue weighted by atomic mass is 16.4. The molecule has 0 aliphatic carbocycles. The zero-order valence-electron chi connectivity index (χ0n) is 11.2. The average Bonchev–Trinajstić information content (AvgIpc) is 2.46. The second-order valence-corrected chi connectivity index (χ2v) is 4.42. The summed E-state index contributed by atoms with van der Waals surface area (Å²) in [5.74, 6) is -0.944. The first kappa shape index (κ1) is 14.4. The van der Waals surface area contributed by atoms with E-state index in [0.29, 0.717) is 17.0 Å². The molecule has 2 rings (SSSR count). The SMILES string of the molecule is C/C(=N/O)c1cccc(NC(=O)c2ccc(O)cc2O)c1. The van der Waals surface area contributed by atoms with E-state index in [4.69, 9.17) is 5.21 Å². The number of aromatic hydroxyl groups is 2. The Kier molecular flexibility index (Phi) is 4.08. The minimum absolute atomic E-state index is 0.0470. The number of rotatable bonds is 3. The van der Waals surface area contributed by atoms with Gasteiger partial charge in [-0.1, -0.05) is 17.3 Å². The summed E-state index contributed by atoms with van der Waals surface area (Å²) in [6, 6.07) is 10.5. The lowest BCUT2D eigenvalue weighted by molar-refractivity contribution is 0.102. The standard InChI is InChI=1S/C15H14N2O4/c1-9(17-21)10-3-2-4-11(7-10)16-15(20)13-6-5-12(18)8-14(13)19/h2-8,18-19,21H,1H3,(H,16,20)/b17-9-. The number of hydrogen-bond acceptors (Lipinski definition) is 5. The molecule has 1 amide bonds. The number of amides is 1. The summed E-state index contributed by atoms with van der Waals surface area (Å²) in [4.78, 5) is 12.1. The molecule has 4 N–H and O–H groups in total. The Hall–Kier alpha value is -3.02. The summed E-state index contributed by atoms with van der Waals surface area (Å²) in [5, 5.41) is 33.3. The first-order valence-electron chi connectivity index (χ1n) is 6.13. The summed E-state index contributed by atoms with van der Waals surface area (Å²) in [6.07, 6.45) is 0. The molecule has 0 aliphatic heterocycles. The summed E-state index contributed by atoms with van der Waals surface area (Å²) in [6.45, 7) is 1.63. The number of hydrogen-bond donors (Lipinski definition) is 4. The molecule has 0 aliphatic rings. The van der Waals surface area contributed by atoms with Crippen molar-refractivity contribution in [2.75, 3.05) is 5.32 Å². The topological polar surface area (TPSA) is 102 Å². The number of carbonyl (C=O) groups is 1. The fourth-order valence-corrected chi connectivity index (χ4v) is 1.79. The number of benzene rings is 2. The largest absolute Gasteiger partial charge is 0.508 e. The van der Waals surface area contributed by atoms with Crippen LogP contribution in [0.5, 0.6) is 11.5 Å². The van der Waals surface area contributed by atoms with Crippen molar-refractivity contribution in [1.29, 1.82) is 0 Å². The van der Waals surface area contributed by atoms with Crippen molar-refractivity contribution in [2.24, 2.45) is 5.16 Å². The summed E-state index contributed by atoms with van der Waals surface area (Å²) in [7, 11) is 0. The Morgan fingerprint density at radius 3 is 2.57 bits per heavy atom. The van der Waals surface area contributed by atoms with E-state index in [1.54, 1.807) is 31.2 Å². The minimum atomic E-state index is -0.511. The van der Waals surface area contributed by atoms with Crippen molar-refractivity contribution < 1.29 is 20.2 Å². The van der Waals surface area contributed by atoms with Crippen LogP contribution in [-0.2, 0) is 0 Å². The van der Waals surface area contributed by atoms with Gasteiger partial charge in [0.2, 0.25) is 0 Å². The van der Waals surface area contributed by atoms with Gasteiger partial charge in [0.25, 0.3) is 5.91 Å². The van der Waals surface area contributed by atoms with Crippen LogP contribution in [0.15, 0.2) is 47.6 Å². The van der Waals surface area contributed by atoms with E-state index in [2.05, 4.69) is 10.5 Å². The second kappa shape index (κ2) is 5.96. The van der Waals surface area contributed by atoms with E-state index >= 15 is 0 Å². The van der Waals surface area contributed by atoms with Crippen LogP contribution in [0.1, 0.15) is 22.8 Å². The van der Waals surface area contributed by atoms with Gasteiger partial charge in [-0.25, -0.2) is 0 Å². The highest BCUT2D eigenvalue weighted by molar-refractivity contribution is 6.07. The van der Waals surface area contributed by atoms with Crippen LogP contribution >= 0.6 is 0 Å². The molecule has 108 valence electrons. The lowest BCUT2D eigenvalue weighted by Gasteiger charge is -2.08. The Labute approximate surface area is 121 Å². The van der Waals surface area contributed by atoms with Crippen LogP contribution < -0.4 is 5.32 Å². The van der Waals surface area contributed by atoms with E-state index in [1.807, 2.05) is 0 Å². The van der Waals surface area contributed by atoms with Gasteiger partial charge in [0.15, 0.2) is 0 Å². The maximum Gasteiger partial charge on any atom is 0.259 e. The van der Waals surface area contributed by atoms with Crippen LogP contribution in [0.4, 0.5) is 5.69 Å². The van der Waals surface area contributed by atoms with E-state index in [-0.39, 0.29) is 17.1 Å². The van der Waals surface area contributed by atoms with Crippen molar-refractivity contribution in [3.63, 3.8) is 0 Å². The van der Waals surface area contributed by atoms with Crippen molar-refractivity contribution in [2.45, 2.75) is 6.92 Å². The first-order valence-corrected chi connectivity index (χ1v) is 6.13. The Balaban J connectivity index is 2.23. The first-order chi connectivity index (χ1) is 10.0. The van der Waals surface area contributed by atoms with Gasteiger partial charge in [-0.3, -0.25) is 4.79 Å². The minimum Gasteiger partial charge on any atom is -0.508 e. The van der Waals surface area contributed by atoms with Crippen molar-refractivity contribution in [3.8, 4) is 11.5 Å². The van der Waals surface area contributed by atoms with Crippen LogP contribution in [0.25, 0.3) is 0 Å². The zero-order valence-corrected chi connectivity index (χ0v) is 11.2. The molecular formula is C15H14N2O4. The molecule has 6 nitrogen and oxygen atoms in total. The molecule has 0 fully saturated rings. The lowest BCUT2D eigenvalue weighted by Crippen LogP contribution is -2.12. The molecule has 0 saturated heterocycles. The molecule has 0 heterocycles. The second-order valence-electron chi connectivity index (χ2n) is 4.42. The van der Waals surface area contributed by atoms with E-state index < -0.39 is 5.91 Å². The number of nitrogens with one attached hydrogen (secondary N) is 1. The third kappa shape index (κ3) is 3.30. The number of phenols is 2. The normalized spacial score (nSPS) is 11.2. The van der Waals surface area contributed by atoms with Crippen molar-refractivity contribution in [3.05, 3.63) is 53.6 Å². The summed E-state index contributed by atoms with van der Waals surface area (Å²) >= 11 is 0. The van der Waals surface area contributed by atoms with Crippen molar-refractivity contribution in [1.82, 2.24) is 0 Å². The summed E-state index contributed by atoms with van der Waals surface area (Å²) in [5.41, 5.74) is 1.61. The molecule has 0 atom stereocenters. The molecule has 0 bridgehead atoms. The van der Waals surface area contributed by atoms with Gasteiger partial charge < -0.3 is 20.7 Å². The fraction of sp³-hybridized carbons (Fsp3) is 0.0667. The quantitative estimate of drug-likeness (QED) is 0.395. The predicted molar refractivity (Wildman–Crippen MR) is 78.2 cm³/mol. The van der Waals surface area contributed by atoms with Crippen LogP contribution in [0, 0.1) is 0 Å². The van der Waals surface area contributed by atoms with Gasteiger partial charge >= 0.3 is 0 Å². The number of carbonyl (C=O) groups excluding carboxylic acids is 1. The number of phenolic OH excluding ortho intramolecular Hbond substituents is 2. The van der Waals surface area contributed by atoms with Gasteiger partial charge in [0.05, 0.1) is 11.3 Å². The summed E-state index contributed by atoms with van der Waals surface area (Å²) < 4.78 is 0. The molecule has 0 aromatic heterocycles. The molecule has 2 aromatic carbocycles. The molecule has 21 heavy (non-hydrogen) atoms. The molecular weight excluding hydrogens is 272 g/mol. The monoisotopic (exact) mass is 286 g/mol. The molecule has 0 unspecified atom stereocenters. The average molecular weight is 286 g/mol. The van der Waals surface area contributed by atoms with Crippen molar-refractivity contribution >= 4 is 17.3 Å². The number of nitrogens with zero attached hydrogens (tertiary/aromatic N) is 1. The fourth-order valence-electron chi connectivity index (χ4n) is 1.79. The van der Waals surface area contributed by atoms with Gasteiger partial charge in [0.1, 0.15) is 11.5 Å². The molecule has 0 radical (unpaired) electrons. The number of oxime groups is 1. The molecule has 0 spiro atoms. The van der Waals surface area contributed by atoms with Gasteiger partial charge in [-0.15, -0.1) is 0 Å². The van der Waals surface area contributed by atoms with Crippen LogP contribution in [-0.4, -0.2) is 27.0 Å². The maximum atomic E-state index is 12.1. The lowest BCUT2D eigenvalue weighted by atomic mass is 10.1. The molecule has 2 aromatic rings. The smallest absolute Gasteiger partial charge is 0.259 e. The van der Waals surface area contributed by atoms with Gasteiger partial charge in [0, 0.05) is 17.3 Å². The highest BCUT2D eigenvalue weighted by Gasteiger charge is 2.12. The predicted octanol–water partition coefficient (Wildman–Crippen LogP) is 2.55. The molecule has 0 saturated carbocycles. The van der Waals surface area contributed by atoms with Gasteiger partial charge in [-0.2, -0.15) is 0 Å². The zero-order chi connectivity index (χ0) is 15.4. The maximum absolute atomic E-state index is 12.1. The van der Waals surface area contributed by atoms with Crippen LogP contribution in [0.2, 0.25) is 0 Å². The van der Waals surface area contributed by atoms with E-state index in [9.17, 15) is 15.0 Å². The third-order valence-corrected chi connectivity index (χ3v) is 2.91. The Morgan fingerprint density at radius 1 is 1.14 bits per heavy atom. The Bertz CT molecular complexity index is 711. The van der Waals surface area contributed by atoms with Crippen LogP contribution in [0.3, 0.4) is 0 Å². The van der Waals surface area contributed by atoms with E-state index in [0.717, 1.165) is 6.07 Å². The Morgan fingerprint density at radius 2 is 1.90 bits per heavy atom. The highest BCUT2D eigenvalue weighted by Crippen LogP contribution is 2.23. The third-order valence-electron chi connectivity index (χ3n) is 2.91. The van der Waals surface area contributed by atoms with E-state index in [1.165, 1.54) is 12.1 Å². The molecule has 6 heteroatoms.